The minimum absolute atomic E-state index is 0.243. The molecule has 2 heterocycles. The Balaban J connectivity index is 2.44. The second-order valence-corrected chi connectivity index (χ2v) is 3.68. The van der Waals surface area contributed by atoms with Gasteiger partial charge in [-0.3, -0.25) is 4.79 Å². The highest BCUT2D eigenvalue weighted by molar-refractivity contribution is 5.68. The first-order chi connectivity index (χ1) is 8.38. The molecule has 0 bridgehead atoms. The largest absolute Gasteiger partial charge is 0.481 e. The topological polar surface area (TPSA) is 67.5 Å². The average Bonchev–Trinajstić information content (AvgIpc) is 2.67. The highest BCUT2D eigenvalue weighted by Gasteiger charge is 2.43. The molecule has 0 aliphatic rings. The maximum Gasteiger partial charge on any atom is 0.397 e. The Morgan fingerprint density at radius 3 is 2.78 bits per heavy atom. The number of carbonyl (C=O) groups is 1. The van der Waals surface area contributed by atoms with E-state index < -0.39 is 24.5 Å². The molecule has 0 saturated carbocycles. The van der Waals surface area contributed by atoms with Gasteiger partial charge < -0.3 is 5.11 Å². The number of carboxylic acids is 1. The summed E-state index contributed by atoms with van der Waals surface area (Å²) in [7, 11) is 0. The molecular weight excluding hydrogens is 251 g/mol. The Morgan fingerprint density at radius 2 is 2.22 bits per heavy atom. The molecular formula is C10H8F3N3O2. The fraction of sp³-hybridized carbons (Fsp3) is 0.300. The van der Waals surface area contributed by atoms with E-state index in [1.807, 2.05) is 0 Å². The average molecular weight is 259 g/mol. The number of hydrogen-bond donors (Lipinski definition) is 1. The minimum atomic E-state index is -4.66. The van der Waals surface area contributed by atoms with Gasteiger partial charge in [-0.25, -0.2) is 9.50 Å². The molecule has 0 spiro atoms. The van der Waals surface area contributed by atoms with Gasteiger partial charge in [0.1, 0.15) is 5.92 Å². The van der Waals surface area contributed by atoms with E-state index in [0.717, 1.165) is 6.07 Å². The van der Waals surface area contributed by atoms with Gasteiger partial charge in [0.2, 0.25) is 0 Å². The van der Waals surface area contributed by atoms with Crippen molar-refractivity contribution in [1.82, 2.24) is 14.6 Å². The minimum Gasteiger partial charge on any atom is -0.481 e. The molecule has 96 valence electrons. The van der Waals surface area contributed by atoms with Crippen molar-refractivity contribution in [3.05, 3.63) is 30.2 Å². The highest BCUT2D eigenvalue weighted by Crippen LogP contribution is 2.36. The van der Waals surface area contributed by atoms with Crippen LogP contribution in [0.2, 0.25) is 0 Å². The van der Waals surface area contributed by atoms with E-state index in [9.17, 15) is 18.0 Å². The van der Waals surface area contributed by atoms with Crippen molar-refractivity contribution in [2.75, 3.05) is 0 Å². The number of alkyl halides is 3. The van der Waals surface area contributed by atoms with Gasteiger partial charge in [-0.05, 0) is 6.07 Å². The van der Waals surface area contributed by atoms with Crippen molar-refractivity contribution >= 4 is 11.6 Å². The van der Waals surface area contributed by atoms with Crippen LogP contribution in [0.4, 0.5) is 13.2 Å². The van der Waals surface area contributed by atoms with Gasteiger partial charge in [-0.2, -0.15) is 18.3 Å². The highest BCUT2D eigenvalue weighted by atomic mass is 19.4. The summed E-state index contributed by atoms with van der Waals surface area (Å²) in [4.78, 5) is 14.3. The van der Waals surface area contributed by atoms with Crippen LogP contribution < -0.4 is 0 Å². The molecule has 1 atom stereocenters. The summed E-state index contributed by atoms with van der Waals surface area (Å²) >= 11 is 0. The number of hydrogen-bond acceptors (Lipinski definition) is 3. The zero-order valence-corrected chi connectivity index (χ0v) is 8.92. The van der Waals surface area contributed by atoms with Crippen LogP contribution in [0.1, 0.15) is 18.0 Å². The lowest BCUT2D eigenvalue weighted by molar-refractivity contribution is -0.164. The fourth-order valence-corrected chi connectivity index (χ4v) is 1.58. The summed E-state index contributed by atoms with van der Waals surface area (Å²) in [6.07, 6.45) is -2.84. The maximum absolute atomic E-state index is 12.8. The third kappa shape index (κ3) is 2.41. The molecule has 0 aliphatic carbocycles. The Hall–Kier alpha value is -2.12. The van der Waals surface area contributed by atoms with Crippen LogP contribution in [0, 0.1) is 0 Å². The number of rotatable bonds is 3. The standard InChI is InChI=1S/C10H8F3N3O2/c11-10(12,13)6(4-9(17)18)7-5-8-14-2-1-3-16(8)15-7/h1-3,5-6H,4H2,(H,17,18). The Kier molecular flexibility index (Phi) is 2.93. The molecule has 0 aromatic carbocycles. The van der Waals surface area contributed by atoms with Crippen LogP contribution in [-0.2, 0) is 4.79 Å². The maximum atomic E-state index is 12.8. The Labute approximate surface area is 98.9 Å². The summed E-state index contributed by atoms with van der Waals surface area (Å²) in [5, 5.41) is 12.2. The number of aromatic nitrogens is 3. The van der Waals surface area contributed by atoms with Crippen molar-refractivity contribution in [2.24, 2.45) is 0 Å². The molecule has 8 heteroatoms. The van der Waals surface area contributed by atoms with E-state index in [2.05, 4.69) is 10.1 Å². The Morgan fingerprint density at radius 1 is 1.50 bits per heavy atom. The third-order valence-corrected chi connectivity index (χ3v) is 2.39. The van der Waals surface area contributed by atoms with Gasteiger partial charge in [0, 0.05) is 18.5 Å². The monoisotopic (exact) mass is 259 g/mol. The Bertz CT molecular complexity index is 546. The number of fused-ring (bicyclic) bond motifs is 1. The predicted molar refractivity (Wildman–Crippen MR) is 54.0 cm³/mol. The third-order valence-electron chi connectivity index (χ3n) is 2.39. The van der Waals surface area contributed by atoms with Gasteiger partial charge >= 0.3 is 12.1 Å². The van der Waals surface area contributed by atoms with Crippen molar-refractivity contribution in [2.45, 2.75) is 18.5 Å². The van der Waals surface area contributed by atoms with Gasteiger partial charge in [-0.1, -0.05) is 0 Å². The lowest BCUT2D eigenvalue weighted by Crippen LogP contribution is -2.24. The molecule has 0 aliphatic heterocycles. The first-order valence-corrected chi connectivity index (χ1v) is 4.97. The van der Waals surface area contributed by atoms with E-state index in [0.29, 0.717) is 0 Å². The summed E-state index contributed by atoms with van der Waals surface area (Å²) in [6.45, 7) is 0. The SMILES string of the molecule is O=C(O)CC(c1cc2ncccn2n1)C(F)(F)F. The molecule has 2 aromatic heterocycles. The smallest absolute Gasteiger partial charge is 0.397 e. The van der Waals surface area contributed by atoms with Gasteiger partial charge in [0.15, 0.2) is 5.65 Å². The van der Waals surface area contributed by atoms with E-state index in [1.165, 1.54) is 23.0 Å². The second-order valence-electron chi connectivity index (χ2n) is 3.68. The molecule has 2 rings (SSSR count). The quantitative estimate of drug-likeness (QED) is 0.913. The molecule has 18 heavy (non-hydrogen) atoms. The normalized spacial score (nSPS) is 13.7. The van der Waals surface area contributed by atoms with Crippen molar-refractivity contribution in [3.8, 4) is 0 Å². The summed E-state index contributed by atoms with van der Waals surface area (Å²) in [6, 6.07) is 2.66. The number of nitrogens with zero attached hydrogens (tertiary/aromatic N) is 3. The summed E-state index contributed by atoms with van der Waals surface area (Å²) < 4.78 is 39.5. The molecule has 5 nitrogen and oxygen atoms in total. The fourth-order valence-electron chi connectivity index (χ4n) is 1.58. The van der Waals surface area contributed by atoms with Crippen LogP contribution in [0.25, 0.3) is 5.65 Å². The molecule has 0 radical (unpaired) electrons. The lowest BCUT2D eigenvalue weighted by atomic mass is 10.0. The number of halogens is 3. The molecule has 2 aromatic rings. The number of aliphatic carboxylic acids is 1. The molecule has 1 unspecified atom stereocenters. The summed E-state index contributed by atoms with van der Waals surface area (Å²) in [5.74, 6) is -3.65. The molecule has 0 fully saturated rings. The predicted octanol–water partition coefficient (Wildman–Crippen LogP) is 1.85. The number of carboxylic acid groups (broad SMARTS) is 1. The van der Waals surface area contributed by atoms with E-state index in [1.54, 1.807) is 0 Å². The van der Waals surface area contributed by atoms with Gasteiger partial charge in [-0.15, -0.1) is 0 Å². The van der Waals surface area contributed by atoms with Crippen LogP contribution in [0.3, 0.4) is 0 Å². The molecule has 0 amide bonds. The summed E-state index contributed by atoms with van der Waals surface area (Å²) in [5.41, 5.74) is -0.101. The van der Waals surface area contributed by atoms with Crippen LogP contribution in [0.15, 0.2) is 24.5 Å². The van der Waals surface area contributed by atoms with E-state index in [4.69, 9.17) is 5.11 Å². The molecule has 0 saturated heterocycles. The molecule has 1 N–H and O–H groups in total. The van der Waals surface area contributed by atoms with Crippen LogP contribution in [-0.4, -0.2) is 31.9 Å². The van der Waals surface area contributed by atoms with Crippen LogP contribution in [0.5, 0.6) is 0 Å². The first kappa shape index (κ1) is 12.3. The van der Waals surface area contributed by atoms with Gasteiger partial charge in [0.25, 0.3) is 0 Å². The van der Waals surface area contributed by atoms with Crippen molar-refractivity contribution < 1.29 is 23.1 Å². The van der Waals surface area contributed by atoms with Gasteiger partial charge in [0.05, 0.1) is 12.1 Å². The second kappa shape index (κ2) is 4.28. The van der Waals surface area contributed by atoms with E-state index >= 15 is 0 Å². The van der Waals surface area contributed by atoms with Crippen LogP contribution >= 0.6 is 0 Å². The lowest BCUT2D eigenvalue weighted by Gasteiger charge is -2.15. The van der Waals surface area contributed by atoms with Crippen molar-refractivity contribution in [1.29, 1.82) is 0 Å². The zero-order chi connectivity index (χ0) is 13.3. The zero-order valence-electron chi connectivity index (χ0n) is 8.92. The van der Waals surface area contributed by atoms with E-state index in [-0.39, 0.29) is 11.3 Å². The van der Waals surface area contributed by atoms with Crippen molar-refractivity contribution in [3.63, 3.8) is 0 Å². The first-order valence-electron chi connectivity index (χ1n) is 4.97.